The number of carboxylic acid groups (broad SMARTS) is 1. The van der Waals surface area contributed by atoms with Gasteiger partial charge in [-0.3, -0.25) is 10.1 Å². The lowest BCUT2D eigenvalue weighted by Gasteiger charge is -2.06. The molecule has 0 fully saturated rings. The third kappa shape index (κ3) is 5.26. The van der Waals surface area contributed by atoms with Crippen LogP contribution in [0.2, 0.25) is 0 Å². The van der Waals surface area contributed by atoms with Gasteiger partial charge in [0.25, 0.3) is 5.69 Å². The number of aromatic carboxylic acids is 1. The number of rotatable bonds is 8. The Morgan fingerprint density at radius 2 is 2.00 bits per heavy atom. The van der Waals surface area contributed by atoms with Gasteiger partial charge in [-0.05, 0) is 36.8 Å². The van der Waals surface area contributed by atoms with E-state index >= 15 is 0 Å². The molecule has 0 aliphatic carbocycles. The lowest BCUT2D eigenvalue weighted by Crippen LogP contribution is -2.00. The van der Waals surface area contributed by atoms with E-state index in [-0.39, 0.29) is 11.3 Å². The molecule has 120 valence electrons. The Morgan fingerprint density at radius 1 is 1.26 bits per heavy atom. The van der Waals surface area contributed by atoms with Crippen LogP contribution in [0.3, 0.4) is 0 Å². The molecule has 0 amide bonds. The summed E-state index contributed by atoms with van der Waals surface area (Å²) in [5.74, 6) is 0.412. The summed E-state index contributed by atoms with van der Waals surface area (Å²) in [6.45, 7) is 0.492. The highest BCUT2D eigenvalue weighted by Gasteiger charge is 2.05. The maximum Gasteiger partial charge on any atom is 0.335 e. The van der Waals surface area contributed by atoms with Crippen LogP contribution in [0.4, 0.5) is 5.69 Å². The fourth-order valence-electron chi connectivity index (χ4n) is 1.69. The molecule has 23 heavy (non-hydrogen) atoms. The maximum atomic E-state index is 10.7. The minimum Gasteiger partial charge on any atom is -0.494 e. The number of ether oxygens (including phenoxy) is 1. The van der Waals surface area contributed by atoms with E-state index in [4.69, 9.17) is 9.84 Å². The molecule has 0 radical (unpaired) electrons. The quantitative estimate of drug-likeness (QED) is 0.342. The van der Waals surface area contributed by atoms with Crippen molar-refractivity contribution in [2.24, 2.45) is 0 Å². The van der Waals surface area contributed by atoms with Crippen molar-refractivity contribution in [3.05, 3.63) is 58.3 Å². The van der Waals surface area contributed by atoms with Gasteiger partial charge in [-0.1, -0.05) is 0 Å². The molecule has 2 rings (SSSR count). The van der Waals surface area contributed by atoms with E-state index in [2.05, 4.69) is 4.98 Å². The largest absolute Gasteiger partial charge is 0.494 e. The van der Waals surface area contributed by atoms with E-state index in [9.17, 15) is 14.9 Å². The first-order chi connectivity index (χ1) is 11.1. The zero-order valence-corrected chi connectivity index (χ0v) is 12.9. The fraction of sp³-hybridized carbons (Fsp3) is 0.200. The summed E-state index contributed by atoms with van der Waals surface area (Å²) in [6.07, 6.45) is 2.01. The van der Waals surface area contributed by atoms with Gasteiger partial charge in [0.2, 0.25) is 0 Å². The van der Waals surface area contributed by atoms with Gasteiger partial charge in [0.1, 0.15) is 11.9 Å². The summed E-state index contributed by atoms with van der Waals surface area (Å²) in [6, 6.07) is 9.27. The molecule has 0 unspecified atom stereocenters. The molecule has 0 spiro atoms. The predicted molar refractivity (Wildman–Crippen MR) is 85.1 cm³/mol. The van der Waals surface area contributed by atoms with Crippen LogP contribution in [0.15, 0.2) is 47.6 Å². The molecule has 0 saturated heterocycles. The van der Waals surface area contributed by atoms with Crippen molar-refractivity contribution in [1.29, 1.82) is 0 Å². The van der Waals surface area contributed by atoms with Crippen LogP contribution in [-0.2, 0) is 0 Å². The van der Waals surface area contributed by atoms with Crippen molar-refractivity contribution in [2.75, 3.05) is 12.4 Å². The second kappa shape index (κ2) is 8.14. The van der Waals surface area contributed by atoms with E-state index in [1.807, 2.05) is 0 Å². The number of carboxylic acids is 1. The fourth-order valence-corrected chi connectivity index (χ4v) is 2.45. The van der Waals surface area contributed by atoms with Gasteiger partial charge >= 0.3 is 5.97 Å². The van der Waals surface area contributed by atoms with Crippen molar-refractivity contribution >= 4 is 23.4 Å². The summed E-state index contributed by atoms with van der Waals surface area (Å²) in [4.78, 5) is 24.8. The summed E-state index contributed by atoms with van der Waals surface area (Å²) < 4.78 is 5.51. The van der Waals surface area contributed by atoms with Crippen molar-refractivity contribution in [2.45, 2.75) is 11.4 Å². The van der Waals surface area contributed by atoms with Crippen molar-refractivity contribution in [3.63, 3.8) is 0 Å². The average Bonchev–Trinajstić information content (AvgIpc) is 2.55. The number of hydrogen-bond donors (Lipinski definition) is 1. The highest BCUT2D eigenvalue weighted by Crippen LogP contribution is 2.19. The minimum atomic E-state index is -0.969. The van der Waals surface area contributed by atoms with Crippen molar-refractivity contribution in [1.82, 2.24) is 4.98 Å². The molecule has 1 N–H and O–H groups in total. The van der Waals surface area contributed by atoms with Gasteiger partial charge in [-0.15, -0.1) is 11.8 Å². The van der Waals surface area contributed by atoms with Crippen LogP contribution < -0.4 is 4.74 Å². The Morgan fingerprint density at radius 3 is 2.57 bits per heavy atom. The Labute approximate surface area is 136 Å². The second-order valence-corrected chi connectivity index (χ2v) is 5.61. The summed E-state index contributed by atoms with van der Waals surface area (Å²) in [5, 5.41) is 20.0. The van der Waals surface area contributed by atoms with Crippen LogP contribution in [0, 0.1) is 10.1 Å². The minimum absolute atomic E-state index is 0.0255. The second-order valence-electron chi connectivity index (χ2n) is 4.49. The van der Waals surface area contributed by atoms with E-state index < -0.39 is 10.9 Å². The third-order valence-electron chi connectivity index (χ3n) is 2.84. The lowest BCUT2D eigenvalue weighted by molar-refractivity contribution is -0.385. The van der Waals surface area contributed by atoms with Gasteiger partial charge in [0.05, 0.1) is 22.1 Å². The van der Waals surface area contributed by atoms with Crippen molar-refractivity contribution < 1.29 is 19.6 Å². The molecule has 1 aromatic carbocycles. The molecule has 0 atom stereocenters. The van der Waals surface area contributed by atoms with Gasteiger partial charge in [0, 0.05) is 11.8 Å². The van der Waals surface area contributed by atoms with Gasteiger partial charge in [-0.25, -0.2) is 9.78 Å². The molecular weight excluding hydrogens is 320 g/mol. The normalized spacial score (nSPS) is 10.3. The van der Waals surface area contributed by atoms with Gasteiger partial charge in [-0.2, -0.15) is 0 Å². The zero-order valence-electron chi connectivity index (χ0n) is 12.0. The Kier molecular flexibility index (Phi) is 5.93. The summed E-state index contributed by atoms with van der Waals surface area (Å²) in [5.41, 5.74) is 0.194. The number of pyridine rings is 1. The Bertz CT molecular complexity index is 614. The third-order valence-corrected chi connectivity index (χ3v) is 3.87. The summed E-state index contributed by atoms with van der Waals surface area (Å²) in [7, 11) is 0. The number of nitrogens with zero attached hydrogens (tertiary/aromatic N) is 2. The molecule has 0 saturated carbocycles. The van der Waals surface area contributed by atoms with Gasteiger partial charge < -0.3 is 9.84 Å². The average molecular weight is 334 g/mol. The van der Waals surface area contributed by atoms with Crippen LogP contribution in [0.1, 0.15) is 16.8 Å². The van der Waals surface area contributed by atoms with Crippen LogP contribution >= 0.6 is 11.8 Å². The first-order valence-electron chi connectivity index (χ1n) is 6.75. The standard InChI is InChI=1S/C15H14N2O5S/c18-15(19)11-2-5-13(6-3-11)22-8-1-9-23-14-7-4-12(10-16-14)17(20)21/h2-7,10H,1,8-9H2,(H,18,19). The molecule has 0 aliphatic rings. The summed E-state index contributed by atoms with van der Waals surface area (Å²) >= 11 is 1.49. The molecule has 1 heterocycles. The number of hydrogen-bond acceptors (Lipinski definition) is 6. The topological polar surface area (TPSA) is 103 Å². The number of benzene rings is 1. The van der Waals surface area contributed by atoms with Crippen LogP contribution in [0.25, 0.3) is 0 Å². The molecule has 2 aromatic rings. The van der Waals surface area contributed by atoms with Gasteiger partial charge in [0.15, 0.2) is 0 Å². The molecule has 7 nitrogen and oxygen atoms in total. The van der Waals surface area contributed by atoms with Crippen molar-refractivity contribution in [3.8, 4) is 5.75 Å². The maximum absolute atomic E-state index is 10.7. The molecule has 1 aromatic heterocycles. The lowest BCUT2D eigenvalue weighted by atomic mass is 10.2. The molecular formula is C15H14N2O5S. The molecule has 8 heteroatoms. The van der Waals surface area contributed by atoms with Crippen LogP contribution in [-0.4, -0.2) is 33.3 Å². The number of thioether (sulfide) groups is 1. The van der Waals surface area contributed by atoms with E-state index in [1.54, 1.807) is 18.2 Å². The highest BCUT2D eigenvalue weighted by atomic mass is 32.2. The monoisotopic (exact) mass is 334 g/mol. The molecule has 0 aliphatic heterocycles. The SMILES string of the molecule is O=C(O)c1ccc(OCCCSc2ccc([N+](=O)[O-])cn2)cc1. The van der Waals surface area contributed by atoms with E-state index in [0.717, 1.165) is 17.2 Å². The smallest absolute Gasteiger partial charge is 0.335 e. The Hall–Kier alpha value is -2.61. The highest BCUT2D eigenvalue weighted by molar-refractivity contribution is 7.99. The zero-order chi connectivity index (χ0) is 16.7. The first-order valence-corrected chi connectivity index (χ1v) is 7.74. The number of nitro groups is 1. The number of aromatic nitrogens is 1. The molecule has 0 bridgehead atoms. The predicted octanol–water partition coefficient (Wildman–Crippen LogP) is 3.25. The first kappa shape index (κ1) is 16.8. The Balaban J connectivity index is 1.69. The van der Waals surface area contributed by atoms with E-state index in [0.29, 0.717) is 12.4 Å². The number of carbonyl (C=O) groups is 1. The van der Waals surface area contributed by atoms with Crippen LogP contribution in [0.5, 0.6) is 5.75 Å². The van der Waals surface area contributed by atoms with E-state index in [1.165, 1.54) is 36.2 Å².